The van der Waals surface area contributed by atoms with Gasteiger partial charge in [0.2, 0.25) is 0 Å². The van der Waals surface area contributed by atoms with Gasteiger partial charge in [-0.3, -0.25) is 9.88 Å². The number of hydrogen-bond donors (Lipinski definition) is 2. The molecule has 1 atom stereocenters. The standard InChI is InChI=1S/C24H25BN6O/c25-21-14-28-31-23(27-13-18-3-1-9-26-12-18)11-22(29-24(21)31)19-4-2-10-30(16-19)15-17-5-7-20(32)8-6-17/h1,3,5-9,11-12,14,19,27,32H,2,4,10,13,15-16H2. The Kier molecular flexibility index (Phi) is 5.77. The lowest BCUT2D eigenvalue weighted by Crippen LogP contribution is -2.34. The average Bonchev–Trinajstić information content (AvgIpc) is 3.21. The molecule has 0 spiro atoms. The van der Waals surface area contributed by atoms with Gasteiger partial charge < -0.3 is 10.4 Å². The highest BCUT2D eigenvalue weighted by Gasteiger charge is 2.24. The van der Waals surface area contributed by atoms with Crippen molar-refractivity contribution in [3.63, 3.8) is 0 Å². The molecule has 4 heterocycles. The number of piperidine rings is 1. The molecule has 1 saturated heterocycles. The van der Waals surface area contributed by atoms with Crippen molar-refractivity contribution in [2.45, 2.75) is 31.8 Å². The molecule has 2 radical (unpaired) electrons. The van der Waals surface area contributed by atoms with Gasteiger partial charge in [0, 0.05) is 50.2 Å². The lowest BCUT2D eigenvalue weighted by atomic mass is 9.93. The van der Waals surface area contributed by atoms with E-state index >= 15 is 0 Å². The quantitative estimate of drug-likeness (QED) is 0.464. The normalized spacial score (nSPS) is 16.9. The van der Waals surface area contributed by atoms with Gasteiger partial charge in [0.15, 0.2) is 5.65 Å². The number of anilines is 1. The van der Waals surface area contributed by atoms with E-state index in [1.807, 2.05) is 30.5 Å². The number of phenolic OH excluding ortho intramolecular Hbond substituents is 1. The summed E-state index contributed by atoms with van der Waals surface area (Å²) in [6, 6.07) is 13.5. The van der Waals surface area contributed by atoms with Gasteiger partial charge in [-0.05, 0) is 54.2 Å². The minimum Gasteiger partial charge on any atom is -0.508 e. The summed E-state index contributed by atoms with van der Waals surface area (Å²) in [7, 11) is 6.18. The van der Waals surface area contributed by atoms with Crippen molar-refractivity contribution in [1.29, 1.82) is 0 Å². The van der Waals surface area contributed by atoms with Gasteiger partial charge in [-0.15, -0.1) is 0 Å². The molecule has 5 rings (SSSR count). The summed E-state index contributed by atoms with van der Waals surface area (Å²) in [5.41, 5.74) is 4.59. The lowest BCUT2D eigenvalue weighted by Gasteiger charge is -2.32. The van der Waals surface area contributed by atoms with Crippen LogP contribution in [-0.2, 0) is 13.1 Å². The third-order valence-electron chi connectivity index (χ3n) is 5.98. The number of aromatic nitrogens is 4. The van der Waals surface area contributed by atoms with Gasteiger partial charge in [0.05, 0.1) is 5.69 Å². The largest absolute Gasteiger partial charge is 0.508 e. The van der Waals surface area contributed by atoms with Crippen molar-refractivity contribution >= 4 is 24.8 Å². The number of aromatic hydroxyl groups is 1. The summed E-state index contributed by atoms with van der Waals surface area (Å²) < 4.78 is 1.77. The molecular weight excluding hydrogens is 399 g/mol. The van der Waals surface area contributed by atoms with E-state index in [1.54, 1.807) is 29.0 Å². The minimum atomic E-state index is 0.299. The molecule has 2 N–H and O–H groups in total. The molecule has 0 bridgehead atoms. The molecule has 0 aliphatic carbocycles. The smallest absolute Gasteiger partial charge is 0.150 e. The number of benzene rings is 1. The van der Waals surface area contributed by atoms with Crippen molar-refractivity contribution in [2.24, 2.45) is 0 Å². The summed E-state index contributed by atoms with van der Waals surface area (Å²) in [6.45, 7) is 3.49. The van der Waals surface area contributed by atoms with E-state index in [0.717, 1.165) is 49.6 Å². The van der Waals surface area contributed by atoms with Gasteiger partial charge in [-0.25, -0.2) is 4.98 Å². The zero-order chi connectivity index (χ0) is 21.9. The molecule has 1 aliphatic rings. The molecule has 160 valence electrons. The highest BCUT2D eigenvalue weighted by Crippen LogP contribution is 2.29. The fraction of sp³-hybridized carbons (Fsp3) is 0.292. The van der Waals surface area contributed by atoms with Crippen molar-refractivity contribution in [1.82, 2.24) is 24.5 Å². The van der Waals surface area contributed by atoms with Crippen LogP contribution in [0.3, 0.4) is 0 Å². The molecule has 1 aliphatic heterocycles. The first-order chi connectivity index (χ1) is 15.7. The SMILES string of the molecule is [B]c1cnn2c(NCc3cccnc3)cc(C3CCCN(Cc4ccc(O)cc4)C3)nc12. The average molecular weight is 424 g/mol. The molecule has 1 aromatic carbocycles. The monoisotopic (exact) mass is 424 g/mol. The molecule has 4 aromatic rings. The van der Waals surface area contributed by atoms with E-state index < -0.39 is 0 Å². The van der Waals surface area contributed by atoms with E-state index in [0.29, 0.717) is 29.3 Å². The van der Waals surface area contributed by atoms with E-state index in [-0.39, 0.29) is 0 Å². The van der Waals surface area contributed by atoms with Crippen LogP contribution in [0.1, 0.15) is 35.6 Å². The highest BCUT2D eigenvalue weighted by molar-refractivity contribution is 6.36. The Morgan fingerprint density at radius 3 is 2.81 bits per heavy atom. The van der Waals surface area contributed by atoms with Crippen LogP contribution < -0.4 is 10.8 Å². The number of likely N-dealkylation sites (tertiary alicyclic amines) is 1. The Labute approximate surface area is 188 Å². The van der Waals surface area contributed by atoms with Crippen molar-refractivity contribution in [3.8, 4) is 5.75 Å². The zero-order valence-electron chi connectivity index (χ0n) is 17.9. The van der Waals surface area contributed by atoms with Gasteiger partial charge in [0.1, 0.15) is 19.4 Å². The molecule has 3 aromatic heterocycles. The van der Waals surface area contributed by atoms with Crippen molar-refractivity contribution < 1.29 is 5.11 Å². The fourth-order valence-corrected chi connectivity index (χ4v) is 4.33. The number of nitrogens with one attached hydrogen (secondary N) is 1. The van der Waals surface area contributed by atoms with Gasteiger partial charge in [0.25, 0.3) is 0 Å². The van der Waals surface area contributed by atoms with Crippen LogP contribution in [-0.4, -0.2) is 50.5 Å². The van der Waals surface area contributed by atoms with E-state index in [9.17, 15) is 5.11 Å². The number of nitrogens with zero attached hydrogens (tertiary/aromatic N) is 5. The number of fused-ring (bicyclic) bond motifs is 1. The summed E-state index contributed by atoms with van der Waals surface area (Å²) >= 11 is 0. The minimum absolute atomic E-state index is 0.299. The van der Waals surface area contributed by atoms with E-state index in [4.69, 9.17) is 12.8 Å². The van der Waals surface area contributed by atoms with E-state index in [1.165, 1.54) is 5.56 Å². The topological polar surface area (TPSA) is 78.6 Å². The van der Waals surface area contributed by atoms with Gasteiger partial charge in [-0.1, -0.05) is 18.2 Å². The second kappa shape index (κ2) is 9.00. The Balaban J connectivity index is 1.37. The van der Waals surface area contributed by atoms with Crippen LogP contribution in [0.25, 0.3) is 5.65 Å². The number of hydrogen-bond acceptors (Lipinski definition) is 6. The second-order valence-corrected chi connectivity index (χ2v) is 8.36. The maximum atomic E-state index is 9.54. The molecule has 0 amide bonds. The Morgan fingerprint density at radius 1 is 1.12 bits per heavy atom. The third kappa shape index (κ3) is 4.45. The molecular formula is C24H25BN6O. The van der Waals surface area contributed by atoms with Crippen LogP contribution in [0.4, 0.5) is 5.82 Å². The van der Waals surface area contributed by atoms with Crippen LogP contribution in [0.2, 0.25) is 0 Å². The van der Waals surface area contributed by atoms with Gasteiger partial charge >= 0.3 is 0 Å². The maximum Gasteiger partial charge on any atom is 0.150 e. The first-order valence-corrected chi connectivity index (χ1v) is 10.9. The van der Waals surface area contributed by atoms with Crippen LogP contribution in [0.15, 0.2) is 61.1 Å². The first-order valence-electron chi connectivity index (χ1n) is 10.9. The summed E-state index contributed by atoms with van der Waals surface area (Å²) in [5, 5.41) is 17.4. The Hall–Kier alpha value is -3.39. The van der Waals surface area contributed by atoms with E-state index in [2.05, 4.69) is 26.4 Å². The van der Waals surface area contributed by atoms with Crippen LogP contribution >= 0.6 is 0 Å². The fourth-order valence-electron chi connectivity index (χ4n) is 4.33. The number of phenols is 1. The number of pyridine rings is 1. The first kappa shape index (κ1) is 20.5. The highest BCUT2D eigenvalue weighted by atomic mass is 16.3. The number of rotatable bonds is 6. The molecule has 7 nitrogen and oxygen atoms in total. The zero-order valence-corrected chi connectivity index (χ0v) is 17.9. The summed E-state index contributed by atoms with van der Waals surface area (Å²) in [4.78, 5) is 11.5. The van der Waals surface area contributed by atoms with Crippen LogP contribution in [0.5, 0.6) is 5.75 Å². The molecule has 8 heteroatoms. The Bertz CT molecular complexity index is 1190. The van der Waals surface area contributed by atoms with Crippen molar-refractivity contribution in [3.05, 3.63) is 77.9 Å². The molecule has 32 heavy (non-hydrogen) atoms. The third-order valence-corrected chi connectivity index (χ3v) is 5.98. The Morgan fingerprint density at radius 2 is 2.00 bits per heavy atom. The molecule has 1 fully saturated rings. The van der Waals surface area contributed by atoms with Gasteiger partial charge in [-0.2, -0.15) is 9.61 Å². The lowest BCUT2D eigenvalue weighted by molar-refractivity contribution is 0.198. The van der Waals surface area contributed by atoms with Crippen molar-refractivity contribution in [2.75, 3.05) is 18.4 Å². The predicted molar refractivity (Wildman–Crippen MR) is 125 cm³/mol. The predicted octanol–water partition coefficient (Wildman–Crippen LogP) is 2.62. The second-order valence-electron chi connectivity index (χ2n) is 8.36. The summed E-state index contributed by atoms with van der Waals surface area (Å²) in [6.07, 6.45) is 7.48. The van der Waals surface area contributed by atoms with Crippen LogP contribution in [0, 0.1) is 0 Å². The summed E-state index contributed by atoms with van der Waals surface area (Å²) in [5.74, 6) is 1.49. The molecule has 1 unspecified atom stereocenters. The molecule has 0 saturated carbocycles. The maximum absolute atomic E-state index is 9.54.